The Kier molecular flexibility index (Phi) is 3.46. The first kappa shape index (κ1) is 11.3. The lowest BCUT2D eigenvalue weighted by molar-refractivity contribution is -0.403. The molecule has 15 heavy (non-hydrogen) atoms. The molecule has 0 aliphatic heterocycles. The summed E-state index contributed by atoms with van der Waals surface area (Å²) >= 11 is 5.60. The molecule has 6 nitrogen and oxygen atoms in total. The third-order valence-electron chi connectivity index (χ3n) is 1.72. The summed E-state index contributed by atoms with van der Waals surface area (Å²) in [5, 5.41) is 10.5. The first-order valence-corrected chi connectivity index (χ1v) is 4.34. The van der Waals surface area contributed by atoms with Crippen LogP contribution in [0.3, 0.4) is 0 Å². The first-order valence-electron chi connectivity index (χ1n) is 3.97. The van der Waals surface area contributed by atoms with Gasteiger partial charge in [-0.1, -0.05) is 11.6 Å². The molecule has 0 fully saturated rings. The molecule has 0 radical (unpaired) electrons. The van der Waals surface area contributed by atoms with Crippen molar-refractivity contribution in [1.29, 1.82) is 0 Å². The Hall–Kier alpha value is -1.82. The van der Waals surface area contributed by atoms with E-state index < -0.39 is 4.92 Å². The van der Waals surface area contributed by atoms with Gasteiger partial charge in [-0.25, -0.2) is 4.98 Å². The van der Waals surface area contributed by atoms with E-state index in [4.69, 9.17) is 17.3 Å². The quantitative estimate of drug-likeness (QED) is 0.477. The molecule has 1 heterocycles. The Morgan fingerprint density at radius 1 is 1.73 bits per heavy atom. The average molecular weight is 229 g/mol. The molecule has 0 aliphatic rings. The lowest BCUT2D eigenvalue weighted by atomic mass is 10.4. The normalized spacial score (nSPS) is 11.2. The second-order valence-electron chi connectivity index (χ2n) is 2.74. The number of nitro groups is 1. The lowest BCUT2D eigenvalue weighted by Gasteiger charge is -2.16. The molecule has 0 amide bonds. The van der Waals surface area contributed by atoms with Crippen LogP contribution in [-0.2, 0) is 0 Å². The third-order valence-corrected chi connectivity index (χ3v) is 1.95. The minimum Gasteiger partial charge on any atom is -0.380 e. The topological polar surface area (TPSA) is 85.3 Å². The minimum atomic E-state index is -0.616. The van der Waals surface area contributed by atoms with Crippen molar-refractivity contribution < 1.29 is 4.92 Å². The minimum absolute atomic E-state index is 0.0177. The molecule has 7 heteroatoms. The molecule has 0 unspecified atom stereocenters. The molecule has 0 saturated carbocycles. The SMILES string of the molecule is CN(C(N)=C[N+](=O)[O-])c1ccc(Cl)nc1. The maximum atomic E-state index is 10.2. The van der Waals surface area contributed by atoms with Gasteiger partial charge in [0.05, 0.1) is 16.8 Å². The highest BCUT2D eigenvalue weighted by molar-refractivity contribution is 6.29. The highest BCUT2D eigenvalue weighted by atomic mass is 35.5. The van der Waals surface area contributed by atoms with Gasteiger partial charge in [-0.05, 0) is 12.1 Å². The van der Waals surface area contributed by atoms with E-state index in [1.54, 1.807) is 19.2 Å². The second kappa shape index (κ2) is 4.61. The molecule has 0 spiro atoms. The fourth-order valence-corrected chi connectivity index (χ4v) is 1.02. The lowest BCUT2D eigenvalue weighted by Crippen LogP contribution is -2.23. The maximum Gasteiger partial charge on any atom is 0.274 e. The Morgan fingerprint density at radius 3 is 2.87 bits per heavy atom. The van der Waals surface area contributed by atoms with Gasteiger partial charge < -0.3 is 10.6 Å². The maximum absolute atomic E-state index is 10.2. The predicted molar refractivity (Wildman–Crippen MR) is 56.9 cm³/mol. The van der Waals surface area contributed by atoms with Crippen molar-refractivity contribution in [1.82, 2.24) is 4.98 Å². The van der Waals surface area contributed by atoms with Gasteiger partial charge in [-0.3, -0.25) is 10.1 Å². The van der Waals surface area contributed by atoms with E-state index >= 15 is 0 Å². The number of aromatic nitrogens is 1. The van der Waals surface area contributed by atoms with Crippen LogP contribution in [-0.4, -0.2) is 17.0 Å². The number of nitrogens with zero attached hydrogens (tertiary/aromatic N) is 3. The van der Waals surface area contributed by atoms with Crippen LogP contribution in [0.2, 0.25) is 5.15 Å². The summed E-state index contributed by atoms with van der Waals surface area (Å²) in [6.45, 7) is 0. The largest absolute Gasteiger partial charge is 0.380 e. The van der Waals surface area contributed by atoms with Gasteiger partial charge >= 0.3 is 0 Å². The van der Waals surface area contributed by atoms with Gasteiger partial charge in [0, 0.05) is 7.05 Å². The number of rotatable bonds is 3. The molecule has 1 rings (SSSR count). The van der Waals surface area contributed by atoms with Crippen molar-refractivity contribution in [3.8, 4) is 0 Å². The van der Waals surface area contributed by atoms with Crippen molar-refractivity contribution >= 4 is 17.3 Å². The summed E-state index contributed by atoms with van der Waals surface area (Å²) in [5.74, 6) is 0.0177. The van der Waals surface area contributed by atoms with Gasteiger partial charge in [0.15, 0.2) is 5.82 Å². The van der Waals surface area contributed by atoms with Crippen molar-refractivity contribution in [2.24, 2.45) is 5.73 Å². The molecular weight excluding hydrogens is 220 g/mol. The van der Waals surface area contributed by atoms with Gasteiger partial charge in [-0.2, -0.15) is 0 Å². The summed E-state index contributed by atoms with van der Waals surface area (Å²) < 4.78 is 0. The van der Waals surface area contributed by atoms with Crippen LogP contribution in [0.5, 0.6) is 0 Å². The second-order valence-corrected chi connectivity index (χ2v) is 3.12. The highest BCUT2D eigenvalue weighted by Crippen LogP contribution is 2.15. The zero-order valence-corrected chi connectivity index (χ0v) is 8.68. The van der Waals surface area contributed by atoms with Crippen LogP contribution in [0.4, 0.5) is 5.69 Å². The molecule has 0 aromatic carbocycles. The van der Waals surface area contributed by atoms with Crippen LogP contribution in [0.15, 0.2) is 30.4 Å². The van der Waals surface area contributed by atoms with Gasteiger partial charge in [0.2, 0.25) is 0 Å². The van der Waals surface area contributed by atoms with Gasteiger partial charge in [0.1, 0.15) is 5.15 Å². The molecule has 1 aromatic heterocycles. The summed E-state index contributed by atoms with van der Waals surface area (Å²) in [4.78, 5) is 14.8. The molecule has 0 aliphatic carbocycles. The van der Waals surface area contributed by atoms with Crippen molar-refractivity contribution in [2.45, 2.75) is 0 Å². The fraction of sp³-hybridized carbons (Fsp3) is 0.125. The molecule has 2 N–H and O–H groups in total. The predicted octanol–water partition coefficient (Wildman–Crippen LogP) is 1.21. The van der Waals surface area contributed by atoms with E-state index in [2.05, 4.69) is 4.98 Å². The number of pyridine rings is 1. The van der Waals surface area contributed by atoms with E-state index in [1.807, 2.05) is 0 Å². The standard InChI is InChI=1S/C8H9ClN4O2/c1-12(8(10)5-13(14)15)6-2-3-7(9)11-4-6/h2-5H,10H2,1H3. The molecule has 1 aromatic rings. The van der Waals surface area contributed by atoms with Crippen molar-refractivity contribution in [2.75, 3.05) is 11.9 Å². The number of anilines is 1. The van der Waals surface area contributed by atoms with Crippen molar-refractivity contribution in [3.05, 3.63) is 45.6 Å². The van der Waals surface area contributed by atoms with Gasteiger partial charge in [0.25, 0.3) is 6.20 Å². The van der Waals surface area contributed by atoms with E-state index in [9.17, 15) is 10.1 Å². The zero-order valence-electron chi connectivity index (χ0n) is 7.92. The van der Waals surface area contributed by atoms with E-state index in [1.165, 1.54) is 11.1 Å². The number of hydrogen-bond acceptors (Lipinski definition) is 5. The number of hydrogen-bond donors (Lipinski definition) is 1. The van der Waals surface area contributed by atoms with Crippen LogP contribution in [0.25, 0.3) is 0 Å². The van der Waals surface area contributed by atoms with Crippen LogP contribution >= 0.6 is 11.6 Å². The molecule has 80 valence electrons. The van der Waals surface area contributed by atoms with Crippen molar-refractivity contribution in [3.63, 3.8) is 0 Å². The van der Waals surface area contributed by atoms with Gasteiger partial charge in [-0.15, -0.1) is 0 Å². The van der Waals surface area contributed by atoms with Crippen LogP contribution in [0, 0.1) is 10.1 Å². The molecule has 0 bridgehead atoms. The average Bonchev–Trinajstić information content (AvgIpc) is 2.17. The smallest absolute Gasteiger partial charge is 0.274 e. The summed E-state index contributed by atoms with van der Waals surface area (Å²) in [7, 11) is 1.60. The Balaban J connectivity index is 2.89. The Morgan fingerprint density at radius 2 is 2.40 bits per heavy atom. The van der Waals surface area contributed by atoms with Crippen LogP contribution < -0.4 is 10.6 Å². The Labute approximate surface area is 91.1 Å². The Bertz CT molecular complexity index is 390. The van der Waals surface area contributed by atoms with E-state index in [-0.39, 0.29) is 5.82 Å². The zero-order chi connectivity index (χ0) is 11.4. The summed E-state index contributed by atoms with van der Waals surface area (Å²) in [6, 6.07) is 3.24. The fourth-order valence-electron chi connectivity index (χ4n) is 0.910. The number of nitrogens with two attached hydrogens (primary N) is 1. The van der Waals surface area contributed by atoms with E-state index in [0.29, 0.717) is 17.0 Å². The molecule has 0 atom stereocenters. The molecular formula is C8H9ClN4O2. The summed E-state index contributed by atoms with van der Waals surface area (Å²) in [5.41, 5.74) is 6.09. The monoisotopic (exact) mass is 228 g/mol. The van der Waals surface area contributed by atoms with E-state index in [0.717, 1.165) is 0 Å². The third kappa shape index (κ3) is 3.10. The van der Waals surface area contributed by atoms with Crippen LogP contribution in [0.1, 0.15) is 0 Å². The summed E-state index contributed by atoms with van der Waals surface area (Å²) in [6.07, 6.45) is 2.19. The molecule has 0 saturated heterocycles. The number of halogens is 1. The first-order chi connectivity index (χ1) is 7.00. The highest BCUT2D eigenvalue weighted by Gasteiger charge is 2.07.